The fourth-order valence-electron chi connectivity index (χ4n) is 2.34. The first-order chi connectivity index (χ1) is 9.78. The first-order valence-corrected chi connectivity index (χ1v) is 8.45. The molecule has 0 fully saturated rings. The molecule has 0 aliphatic heterocycles. The summed E-state index contributed by atoms with van der Waals surface area (Å²) in [6.45, 7) is 4.99. The molecule has 0 aliphatic rings. The summed E-state index contributed by atoms with van der Waals surface area (Å²) in [6, 6.07) is 11.0. The highest BCUT2D eigenvalue weighted by atomic mass is 79.9. The van der Waals surface area contributed by atoms with Crippen LogP contribution in [0.15, 0.2) is 46.4 Å². The Bertz CT molecular complexity index is 714. The molecule has 4 heteroatoms. The van der Waals surface area contributed by atoms with Gasteiger partial charge >= 0.3 is 0 Å². The van der Waals surface area contributed by atoms with Crippen molar-refractivity contribution in [3.63, 3.8) is 0 Å². The number of hydrogen-bond acceptors (Lipinski definition) is 2. The first-order valence-electron chi connectivity index (χ1n) is 6.78. The zero-order valence-electron chi connectivity index (χ0n) is 11.4. The molecule has 0 aliphatic carbocycles. The molecule has 0 amide bonds. The number of nitrogens with zero attached hydrogens (tertiary/aromatic N) is 1. The summed E-state index contributed by atoms with van der Waals surface area (Å²) < 4.78 is 3.52. The van der Waals surface area contributed by atoms with Crippen LogP contribution in [-0.4, -0.2) is 11.1 Å². The summed E-state index contributed by atoms with van der Waals surface area (Å²) in [5.41, 5.74) is 2.64. The van der Waals surface area contributed by atoms with Crippen molar-refractivity contribution in [2.75, 3.05) is 6.54 Å². The van der Waals surface area contributed by atoms with Crippen molar-refractivity contribution in [3.05, 3.63) is 56.8 Å². The molecule has 1 N–H and O–H groups in total. The Hall–Kier alpha value is -1.10. The van der Waals surface area contributed by atoms with Crippen LogP contribution in [0.1, 0.15) is 17.4 Å². The Morgan fingerprint density at radius 3 is 2.90 bits per heavy atom. The molecule has 0 saturated heterocycles. The molecular weight excluding hydrogens is 332 g/mol. The number of fused-ring (bicyclic) bond motifs is 1. The van der Waals surface area contributed by atoms with Gasteiger partial charge in [0.15, 0.2) is 0 Å². The van der Waals surface area contributed by atoms with Crippen LogP contribution in [0.4, 0.5) is 0 Å². The minimum absolute atomic E-state index is 0.923. The van der Waals surface area contributed by atoms with Gasteiger partial charge < -0.3 is 9.88 Å². The Kier molecular flexibility index (Phi) is 4.24. The molecule has 2 heterocycles. The van der Waals surface area contributed by atoms with Gasteiger partial charge in [0, 0.05) is 27.6 Å². The number of halogens is 1. The topological polar surface area (TPSA) is 17.0 Å². The van der Waals surface area contributed by atoms with Crippen LogP contribution in [0.2, 0.25) is 0 Å². The normalized spacial score (nSPS) is 11.3. The lowest BCUT2D eigenvalue weighted by atomic mass is 10.1. The Morgan fingerprint density at radius 1 is 1.25 bits per heavy atom. The van der Waals surface area contributed by atoms with Crippen LogP contribution in [0.3, 0.4) is 0 Å². The molecule has 0 radical (unpaired) electrons. The number of nitrogens with one attached hydrogen (secondary N) is 1. The third-order valence-electron chi connectivity index (χ3n) is 3.42. The SMILES string of the molecule is CCNCc1ccc2ccn(Cc3sccc3Br)c2c1. The van der Waals surface area contributed by atoms with E-state index < -0.39 is 0 Å². The fraction of sp³-hybridized carbons (Fsp3) is 0.250. The van der Waals surface area contributed by atoms with E-state index in [4.69, 9.17) is 0 Å². The van der Waals surface area contributed by atoms with E-state index in [1.54, 1.807) is 11.3 Å². The maximum atomic E-state index is 3.61. The van der Waals surface area contributed by atoms with Crippen molar-refractivity contribution in [3.8, 4) is 0 Å². The quantitative estimate of drug-likeness (QED) is 0.711. The number of thiophene rings is 1. The van der Waals surface area contributed by atoms with E-state index >= 15 is 0 Å². The first kappa shape index (κ1) is 13.9. The molecular formula is C16H17BrN2S. The fourth-order valence-corrected chi connectivity index (χ4v) is 3.81. The van der Waals surface area contributed by atoms with Crippen molar-refractivity contribution in [2.24, 2.45) is 0 Å². The summed E-state index contributed by atoms with van der Waals surface area (Å²) in [4.78, 5) is 1.36. The van der Waals surface area contributed by atoms with Crippen molar-refractivity contribution >= 4 is 38.2 Å². The highest BCUT2D eigenvalue weighted by molar-refractivity contribution is 9.10. The molecule has 1 aromatic carbocycles. The third kappa shape index (κ3) is 2.82. The molecule has 0 unspecified atom stereocenters. The van der Waals surface area contributed by atoms with Gasteiger partial charge in [0.2, 0.25) is 0 Å². The second-order valence-corrected chi connectivity index (χ2v) is 6.66. The average Bonchev–Trinajstić information content (AvgIpc) is 3.04. The molecule has 0 bridgehead atoms. The van der Waals surface area contributed by atoms with Crippen LogP contribution in [-0.2, 0) is 13.1 Å². The lowest BCUT2D eigenvalue weighted by molar-refractivity contribution is 0.727. The molecule has 3 aromatic rings. The maximum Gasteiger partial charge on any atom is 0.0580 e. The minimum atomic E-state index is 0.923. The van der Waals surface area contributed by atoms with Crippen molar-refractivity contribution in [1.29, 1.82) is 0 Å². The molecule has 0 spiro atoms. The highest BCUT2D eigenvalue weighted by Gasteiger charge is 2.06. The lowest BCUT2D eigenvalue weighted by Crippen LogP contribution is -2.11. The van der Waals surface area contributed by atoms with Crippen molar-refractivity contribution < 1.29 is 0 Å². The smallest absolute Gasteiger partial charge is 0.0580 e. The van der Waals surface area contributed by atoms with E-state index in [9.17, 15) is 0 Å². The van der Waals surface area contributed by atoms with E-state index in [2.05, 4.69) is 74.6 Å². The molecule has 20 heavy (non-hydrogen) atoms. The van der Waals surface area contributed by atoms with Crippen molar-refractivity contribution in [1.82, 2.24) is 9.88 Å². The predicted octanol–water partition coefficient (Wildman–Crippen LogP) is 4.62. The van der Waals surface area contributed by atoms with E-state index in [1.807, 2.05) is 0 Å². The van der Waals surface area contributed by atoms with Gasteiger partial charge in [-0.05, 0) is 57.0 Å². The van der Waals surface area contributed by atoms with Gasteiger partial charge in [-0.15, -0.1) is 11.3 Å². The molecule has 2 aromatic heterocycles. The Morgan fingerprint density at radius 2 is 2.15 bits per heavy atom. The van der Waals surface area contributed by atoms with Gasteiger partial charge in [-0.3, -0.25) is 0 Å². The van der Waals surface area contributed by atoms with E-state index in [-0.39, 0.29) is 0 Å². The summed E-state index contributed by atoms with van der Waals surface area (Å²) in [5, 5.41) is 6.81. The molecule has 2 nitrogen and oxygen atoms in total. The van der Waals surface area contributed by atoms with Crippen LogP contribution < -0.4 is 5.32 Å². The second kappa shape index (κ2) is 6.12. The van der Waals surface area contributed by atoms with Crippen LogP contribution >= 0.6 is 27.3 Å². The number of hydrogen-bond donors (Lipinski definition) is 1. The van der Waals surface area contributed by atoms with Crippen LogP contribution in [0.25, 0.3) is 10.9 Å². The molecule has 0 atom stereocenters. The van der Waals surface area contributed by atoms with E-state index in [0.717, 1.165) is 19.6 Å². The van der Waals surface area contributed by atoms with Gasteiger partial charge in [-0.25, -0.2) is 0 Å². The summed E-state index contributed by atoms with van der Waals surface area (Å²) >= 11 is 5.41. The van der Waals surface area contributed by atoms with Crippen LogP contribution in [0, 0.1) is 0 Å². The summed E-state index contributed by atoms with van der Waals surface area (Å²) in [7, 11) is 0. The number of benzene rings is 1. The highest BCUT2D eigenvalue weighted by Crippen LogP contribution is 2.26. The van der Waals surface area contributed by atoms with Crippen molar-refractivity contribution in [2.45, 2.75) is 20.0 Å². The number of aromatic nitrogens is 1. The zero-order valence-corrected chi connectivity index (χ0v) is 13.8. The zero-order chi connectivity index (χ0) is 13.9. The predicted molar refractivity (Wildman–Crippen MR) is 90.4 cm³/mol. The van der Waals surface area contributed by atoms with Gasteiger partial charge in [0.05, 0.1) is 6.54 Å². The van der Waals surface area contributed by atoms with Gasteiger partial charge in [0.25, 0.3) is 0 Å². The van der Waals surface area contributed by atoms with E-state index in [0.29, 0.717) is 0 Å². The Labute approximate surface area is 131 Å². The molecule has 3 rings (SSSR count). The number of rotatable bonds is 5. The second-order valence-electron chi connectivity index (χ2n) is 4.81. The van der Waals surface area contributed by atoms with Gasteiger partial charge in [-0.1, -0.05) is 19.1 Å². The molecule has 0 saturated carbocycles. The molecule has 104 valence electrons. The maximum absolute atomic E-state index is 3.61. The summed E-state index contributed by atoms with van der Waals surface area (Å²) in [6.07, 6.45) is 2.17. The van der Waals surface area contributed by atoms with Gasteiger partial charge in [0.1, 0.15) is 0 Å². The van der Waals surface area contributed by atoms with Gasteiger partial charge in [-0.2, -0.15) is 0 Å². The minimum Gasteiger partial charge on any atom is -0.342 e. The largest absolute Gasteiger partial charge is 0.342 e. The van der Waals surface area contributed by atoms with E-state index in [1.165, 1.54) is 25.8 Å². The third-order valence-corrected chi connectivity index (χ3v) is 5.33. The van der Waals surface area contributed by atoms with Crippen LogP contribution in [0.5, 0.6) is 0 Å². The standard InChI is InChI=1S/C16H17BrN2S/c1-2-18-10-12-3-4-13-5-7-19(15(13)9-12)11-16-14(17)6-8-20-16/h3-9,18H,2,10-11H2,1H3. The Balaban J connectivity index is 1.92. The summed E-state index contributed by atoms with van der Waals surface area (Å²) in [5.74, 6) is 0. The monoisotopic (exact) mass is 348 g/mol. The average molecular weight is 349 g/mol. The lowest BCUT2D eigenvalue weighted by Gasteiger charge is -2.07.